The third-order valence-corrected chi connectivity index (χ3v) is 4.17. The highest BCUT2D eigenvalue weighted by molar-refractivity contribution is 5.98. The molecule has 3 atom stereocenters. The Morgan fingerprint density at radius 3 is 2.90 bits per heavy atom. The Morgan fingerprint density at radius 1 is 1.45 bits per heavy atom. The highest BCUT2D eigenvalue weighted by Gasteiger charge is 2.35. The second kappa shape index (κ2) is 5.09. The van der Waals surface area contributed by atoms with Crippen molar-refractivity contribution in [3.8, 4) is 0 Å². The van der Waals surface area contributed by atoms with Gasteiger partial charge in [-0.05, 0) is 26.2 Å². The molecule has 6 nitrogen and oxygen atoms in total. The van der Waals surface area contributed by atoms with Gasteiger partial charge >= 0.3 is 0 Å². The maximum atomic E-state index is 12.2. The van der Waals surface area contributed by atoms with Crippen molar-refractivity contribution in [1.29, 1.82) is 0 Å². The van der Waals surface area contributed by atoms with E-state index in [0.717, 1.165) is 31.6 Å². The zero-order valence-corrected chi connectivity index (χ0v) is 12.3. The van der Waals surface area contributed by atoms with Crippen LogP contribution in [0.25, 0.3) is 0 Å². The van der Waals surface area contributed by atoms with E-state index in [-0.39, 0.29) is 18.1 Å². The number of aromatic nitrogens is 2. The minimum absolute atomic E-state index is 0.0138. The molecule has 0 saturated carbocycles. The highest BCUT2D eigenvalue weighted by atomic mass is 16.5. The first-order valence-electron chi connectivity index (χ1n) is 7.26. The van der Waals surface area contributed by atoms with Crippen LogP contribution < -0.4 is 5.32 Å². The molecule has 0 bridgehead atoms. The van der Waals surface area contributed by atoms with Crippen molar-refractivity contribution in [2.75, 3.05) is 26.0 Å². The molecule has 1 saturated heterocycles. The van der Waals surface area contributed by atoms with Crippen LogP contribution in [0.2, 0.25) is 0 Å². The number of rotatable bonds is 2. The second-order valence-corrected chi connectivity index (χ2v) is 5.90. The van der Waals surface area contributed by atoms with Gasteiger partial charge in [-0.15, -0.1) is 0 Å². The van der Waals surface area contributed by atoms with E-state index in [0.29, 0.717) is 11.7 Å². The lowest BCUT2D eigenvalue weighted by Gasteiger charge is -2.30. The molecule has 110 valence electrons. The summed E-state index contributed by atoms with van der Waals surface area (Å²) in [5.41, 5.74) is 0.644. The molecule has 1 aromatic heterocycles. The highest BCUT2D eigenvalue weighted by Crippen LogP contribution is 2.35. The van der Waals surface area contributed by atoms with Crippen molar-refractivity contribution in [2.45, 2.75) is 44.4 Å². The van der Waals surface area contributed by atoms with Crippen LogP contribution in [-0.4, -0.2) is 53.4 Å². The van der Waals surface area contributed by atoms with E-state index in [2.05, 4.69) is 17.3 Å². The van der Waals surface area contributed by atoms with Gasteiger partial charge in [0.15, 0.2) is 0 Å². The van der Waals surface area contributed by atoms with Gasteiger partial charge in [-0.25, -0.2) is 4.68 Å². The zero-order valence-electron chi connectivity index (χ0n) is 12.3. The molecule has 6 heteroatoms. The summed E-state index contributed by atoms with van der Waals surface area (Å²) in [6.07, 6.45) is 5.38. The van der Waals surface area contributed by atoms with Gasteiger partial charge in [0.1, 0.15) is 11.4 Å². The number of carbonyl (C=O) groups is 1. The summed E-state index contributed by atoms with van der Waals surface area (Å²) in [5.74, 6) is 0.822. The molecule has 0 radical (unpaired) electrons. The quantitative estimate of drug-likeness (QED) is 0.891. The Hall–Kier alpha value is -1.56. The van der Waals surface area contributed by atoms with Crippen LogP contribution in [0, 0.1) is 0 Å². The van der Waals surface area contributed by atoms with Gasteiger partial charge in [0, 0.05) is 20.6 Å². The molecule has 0 aromatic carbocycles. The predicted octanol–water partition coefficient (Wildman–Crippen LogP) is 1.51. The first-order chi connectivity index (χ1) is 9.58. The van der Waals surface area contributed by atoms with E-state index in [9.17, 15) is 4.79 Å². The summed E-state index contributed by atoms with van der Waals surface area (Å²) < 4.78 is 7.94. The van der Waals surface area contributed by atoms with Gasteiger partial charge in [-0.2, -0.15) is 5.10 Å². The van der Waals surface area contributed by atoms with E-state index in [1.807, 2.05) is 4.68 Å². The summed E-state index contributed by atoms with van der Waals surface area (Å²) in [6, 6.07) is 0.236. The van der Waals surface area contributed by atoms with E-state index < -0.39 is 0 Å². The number of fused-ring (bicyclic) bond motifs is 1. The molecule has 1 N–H and O–H groups in total. The number of carbonyl (C=O) groups excluding carboxylic acids is 1. The lowest BCUT2D eigenvalue weighted by atomic mass is 10.0. The van der Waals surface area contributed by atoms with E-state index >= 15 is 0 Å². The molecule has 3 heterocycles. The molecule has 20 heavy (non-hydrogen) atoms. The number of nitrogens with one attached hydrogen (secondary N) is 1. The second-order valence-electron chi connectivity index (χ2n) is 5.90. The minimum atomic E-state index is -0.0138. The molecule has 0 spiro atoms. The maximum absolute atomic E-state index is 12.2. The normalized spacial score (nSPS) is 28.9. The number of hydrogen-bond donors (Lipinski definition) is 1. The Morgan fingerprint density at radius 2 is 2.25 bits per heavy atom. The Bertz CT molecular complexity index is 511. The average molecular weight is 278 g/mol. The number of anilines is 1. The van der Waals surface area contributed by atoms with Crippen molar-refractivity contribution < 1.29 is 9.53 Å². The van der Waals surface area contributed by atoms with E-state index in [1.54, 1.807) is 25.2 Å². The van der Waals surface area contributed by atoms with Crippen molar-refractivity contribution in [2.24, 2.45) is 0 Å². The van der Waals surface area contributed by atoms with Crippen molar-refractivity contribution in [3.63, 3.8) is 0 Å². The summed E-state index contributed by atoms with van der Waals surface area (Å²) in [5, 5.41) is 7.75. The zero-order chi connectivity index (χ0) is 14.3. The number of amides is 1. The molecule has 2 aliphatic heterocycles. The van der Waals surface area contributed by atoms with Crippen LogP contribution in [0.3, 0.4) is 0 Å². The van der Waals surface area contributed by atoms with Gasteiger partial charge in [-0.1, -0.05) is 0 Å². The van der Waals surface area contributed by atoms with E-state index in [1.165, 1.54) is 0 Å². The number of ether oxygens (including phenoxy) is 1. The molecule has 3 rings (SSSR count). The number of hydrogen-bond acceptors (Lipinski definition) is 4. The third kappa shape index (κ3) is 2.18. The molecule has 1 fully saturated rings. The maximum Gasteiger partial charge on any atom is 0.258 e. The lowest BCUT2D eigenvalue weighted by molar-refractivity contribution is 0.0173. The summed E-state index contributed by atoms with van der Waals surface area (Å²) in [7, 11) is 3.52. The smallest absolute Gasteiger partial charge is 0.258 e. The Balaban J connectivity index is 1.89. The van der Waals surface area contributed by atoms with Crippen LogP contribution in [0.1, 0.15) is 42.6 Å². The lowest BCUT2D eigenvalue weighted by Crippen LogP contribution is -2.33. The van der Waals surface area contributed by atoms with Crippen molar-refractivity contribution in [1.82, 2.24) is 14.7 Å². The first kappa shape index (κ1) is 13.4. The molecule has 0 aliphatic carbocycles. The Labute approximate surface area is 119 Å². The van der Waals surface area contributed by atoms with Crippen LogP contribution in [-0.2, 0) is 4.74 Å². The number of nitrogens with zero attached hydrogens (tertiary/aromatic N) is 3. The van der Waals surface area contributed by atoms with Gasteiger partial charge in [0.25, 0.3) is 5.91 Å². The standard InChI is InChI=1S/C14H22N4O2/c1-9-4-5-12(20-9)11-6-7-15-13-10(8-16-18(11)13)14(19)17(2)3/h8-9,11-12,15H,4-7H2,1-3H3. The monoisotopic (exact) mass is 278 g/mol. The SMILES string of the molecule is CC1CCC(C2CCNc3c(C(=O)N(C)C)cnn32)O1. The molecular weight excluding hydrogens is 256 g/mol. The molecular formula is C14H22N4O2. The molecule has 2 aliphatic rings. The fourth-order valence-corrected chi connectivity index (χ4v) is 3.11. The summed E-state index contributed by atoms with van der Waals surface area (Å²) in [6.45, 7) is 2.98. The average Bonchev–Trinajstić information content (AvgIpc) is 3.03. The van der Waals surface area contributed by atoms with Crippen LogP contribution in [0.15, 0.2) is 6.20 Å². The van der Waals surface area contributed by atoms with Gasteiger partial charge in [0.2, 0.25) is 0 Å². The summed E-state index contributed by atoms with van der Waals surface area (Å²) in [4.78, 5) is 13.7. The van der Waals surface area contributed by atoms with Crippen molar-refractivity contribution >= 4 is 11.7 Å². The van der Waals surface area contributed by atoms with Crippen LogP contribution in [0.5, 0.6) is 0 Å². The predicted molar refractivity (Wildman–Crippen MR) is 76.0 cm³/mol. The van der Waals surface area contributed by atoms with Crippen molar-refractivity contribution in [3.05, 3.63) is 11.8 Å². The third-order valence-electron chi connectivity index (χ3n) is 4.17. The Kier molecular flexibility index (Phi) is 3.41. The first-order valence-corrected chi connectivity index (χ1v) is 7.26. The fourth-order valence-electron chi connectivity index (χ4n) is 3.11. The largest absolute Gasteiger partial charge is 0.373 e. The fraction of sp³-hybridized carbons (Fsp3) is 0.714. The molecule has 1 amide bonds. The van der Waals surface area contributed by atoms with Crippen LogP contribution in [0.4, 0.5) is 5.82 Å². The van der Waals surface area contributed by atoms with Crippen LogP contribution >= 0.6 is 0 Å². The van der Waals surface area contributed by atoms with Gasteiger partial charge in [-0.3, -0.25) is 4.79 Å². The van der Waals surface area contributed by atoms with E-state index in [4.69, 9.17) is 4.74 Å². The molecule has 3 unspecified atom stereocenters. The minimum Gasteiger partial charge on any atom is -0.373 e. The molecule has 1 aromatic rings. The topological polar surface area (TPSA) is 59.4 Å². The summed E-state index contributed by atoms with van der Waals surface area (Å²) >= 11 is 0. The van der Waals surface area contributed by atoms with Gasteiger partial charge in [0.05, 0.1) is 24.4 Å². The van der Waals surface area contributed by atoms with Gasteiger partial charge < -0.3 is 15.0 Å².